The lowest BCUT2D eigenvalue weighted by Crippen LogP contribution is -2.44. The number of rotatable bonds is 3. The molecule has 0 aliphatic carbocycles. The van der Waals surface area contributed by atoms with E-state index in [1.54, 1.807) is 0 Å². The van der Waals surface area contributed by atoms with Gasteiger partial charge in [-0.15, -0.1) is 0 Å². The van der Waals surface area contributed by atoms with Gasteiger partial charge in [0.05, 0.1) is 6.10 Å². The molecule has 1 heterocycles. The Kier molecular flexibility index (Phi) is 3.79. The molecule has 1 fully saturated rings. The molecule has 1 rings (SSSR count). The second-order valence-electron chi connectivity index (χ2n) is 3.68. The first kappa shape index (κ1) is 12.1. The van der Waals surface area contributed by atoms with Crippen LogP contribution in [0.4, 0.5) is 8.78 Å². The minimum Gasteiger partial charge on any atom is -0.337 e. The van der Waals surface area contributed by atoms with Crippen LogP contribution in [0.15, 0.2) is 12.7 Å². The van der Waals surface area contributed by atoms with Gasteiger partial charge in [0.1, 0.15) is 0 Å². The third-order valence-corrected chi connectivity index (χ3v) is 2.24. The fourth-order valence-electron chi connectivity index (χ4n) is 1.66. The van der Waals surface area contributed by atoms with Crippen LogP contribution in [0.3, 0.4) is 0 Å². The summed E-state index contributed by atoms with van der Waals surface area (Å²) < 4.78 is 29.7. The van der Waals surface area contributed by atoms with Crippen molar-refractivity contribution in [1.29, 1.82) is 0 Å². The van der Waals surface area contributed by atoms with Crippen molar-refractivity contribution in [3.63, 3.8) is 0 Å². The van der Waals surface area contributed by atoms with Crippen molar-refractivity contribution < 1.29 is 18.3 Å². The summed E-state index contributed by atoms with van der Waals surface area (Å²) in [5.74, 6) is -0.234. The molecular formula is C10H15F2NO2. The third-order valence-electron chi connectivity index (χ3n) is 2.24. The molecule has 0 aromatic rings. The maximum absolute atomic E-state index is 12.6. The lowest BCUT2D eigenvalue weighted by atomic mass is 10.1. The van der Waals surface area contributed by atoms with Crippen molar-refractivity contribution in [3.8, 4) is 0 Å². The van der Waals surface area contributed by atoms with Gasteiger partial charge in [-0.2, -0.15) is 8.78 Å². The van der Waals surface area contributed by atoms with Gasteiger partial charge in [0.2, 0.25) is 5.91 Å². The first-order valence-corrected chi connectivity index (χ1v) is 4.89. The van der Waals surface area contributed by atoms with Crippen LogP contribution in [-0.4, -0.2) is 36.1 Å². The molecule has 1 unspecified atom stereocenters. The molecule has 1 aliphatic heterocycles. The van der Waals surface area contributed by atoms with Gasteiger partial charge in [-0.3, -0.25) is 4.79 Å². The van der Waals surface area contributed by atoms with Crippen molar-refractivity contribution in [2.75, 3.05) is 13.1 Å². The predicted octanol–water partition coefficient (Wildman–Crippen LogP) is 1.79. The summed E-state index contributed by atoms with van der Waals surface area (Å²) in [4.78, 5) is 12.7. The van der Waals surface area contributed by atoms with E-state index in [1.165, 1.54) is 11.0 Å². The number of carbonyl (C=O) groups excluding carboxylic acids is 1. The minimum atomic E-state index is -3.13. The van der Waals surface area contributed by atoms with Crippen LogP contribution < -0.4 is 0 Å². The lowest BCUT2D eigenvalue weighted by molar-refractivity contribution is -0.255. The van der Waals surface area contributed by atoms with E-state index in [9.17, 15) is 13.6 Å². The Bertz CT molecular complexity index is 250. The number of piperidine rings is 1. The van der Waals surface area contributed by atoms with Crippen LogP contribution in [0.5, 0.6) is 0 Å². The molecule has 1 atom stereocenters. The molecule has 86 valence electrons. The van der Waals surface area contributed by atoms with E-state index in [0.29, 0.717) is 26.3 Å². The number of carbonyl (C=O) groups is 1. The number of hydrogen-bond donors (Lipinski definition) is 0. The average molecular weight is 219 g/mol. The smallest absolute Gasteiger partial charge is 0.337 e. The molecular weight excluding hydrogens is 204 g/mol. The van der Waals surface area contributed by atoms with Crippen LogP contribution >= 0.6 is 0 Å². The summed E-state index contributed by atoms with van der Waals surface area (Å²) in [5, 5.41) is 0. The fraction of sp³-hybridized carbons (Fsp3) is 0.700. The zero-order valence-electron chi connectivity index (χ0n) is 8.71. The summed E-state index contributed by atoms with van der Waals surface area (Å²) in [5.41, 5.74) is 0. The highest BCUT2D eigenvalue weighted by molar-refractivity contribution is 5.87. The van der Waals surface area contributed by atoms with Crippen molar-refractivity contribution in [2.24, 2.45) is 0 Å². The zero-order valence-corrected chi connectivity index (χ0v) is 8.71. The Balaban J connectivity index is 2.49. The van der Waals surface area contributed by atoms with Crippen LogP contribution in [-0.2, 0) is 9.53 Å². The van der Waals surface area contributed by atoms with Gasteiger partial charge in [-0.1, -0.05) is 6.58 Å². The number of halogens is 2. The van der Waals surface area contributed by atoms with Gasteiger partial charge in [-0.25, -0.2) is 0 Å². The highest BCUT2D eigenvalue weighted by Crippen LogP contribution is 2.22. The van der Waals surface area contributed by atoms with Crippen LogP contribution in [0.25, 0.3) is 0 Å². The van der Waals surface area contributed by atoms with Gasteiger partial charge in [-0.05, 0) is 18.9 Å². The Morgan fingerprint density at radius 3 is 2.87 bits per heavy atom. The number of amides is 1. The highest BCUT2D eigenvalue weighted by atomic mass is 19.3. The summed E-state index contributed by atoms with van der Waals surface area (Å²) in [7, 11) is 0. The molecule has 1 saturated heterocycles. The molecule has 0 saturated carbocycles. The monoisotopic (exact) mass is 219 g/mol. The van der Waals surface area contributed by atoms with E-state index in [0.717, 1.165) is 0 Å². The van der Waals surface area contributed by atoms with E-state index in [1.807, 2.05) is 0 Å². The molecule has 0 radical (unpaired) electrons. The van der Waals surface area contributed by atoms with E-state index in [4.69, 9.17) is 0 Å². The maximum Gasteiger partial charge on any atom is 0.353 e. The van der Waals surface area contributed by atoms with Crippen molar-refractivity contribution in [1.82, 2.24) is 4.90 Å². The maximum atomic E-state index is 12.6. The van der Waals surface area contributed by atoms with Crippen LogP contribution in [0.1, 0.15) is 19.8 Å². The second-order valence-corrected chi connectivity index (χ2v) is 3.68. The Hall–Kier alpha value is -0.970. The van der Waals surface area contributed by atoms with Gasteiger partial charge in [0.15, 0.2) is 0 Å². The molecule has 5 heteroatoms. The normalized spacial score (nSPS) is 22.6. The Labute approximate surface area is 87.7 Å². The minimum absolute atomic E-state index is 0.217. The van der Waals surface area contributed by atoms with Crippen molar-refractivity contribution >= 4 is 5.91 Å². The van der Waals surface area contributed by atoms with E-state index < -0.39 is 12.2 Å². The number of ether oxygens (including phenoxy) is 1. The molecule has 0 spiro atoms. The molecule has 1 aliphatic rings. The summed E-state index contributed by atoms with van der Waals surface area (Å²) in [6, 6.07) is 0. The Morgan fingerprint density at radius 2 is 2.33 bits per heavy atom. The van der Waals surface area contributed by atoms with Gasteiger partial charge >= 0.3 is 6.11 Å². The summed E-state index contributed by atoms with van der Waals surface area (Å²) >= 11 is 0. The molecule has 0 N–H and O–H groups in total. The van der Waals surface area contributed by atoms with Crippen molar-refractivity contribution in [3.05, 3.63) is 12.7 Å². The first-order chi connectivity index (χ1) is 6.92. The number of nitrogens with zero attached hydrogens (tertiary/aromatic N) is 1. The fourth-order valence-corrected chi connectivity index (χ4v) is 1.66. The number of alkyl halides is 2. The average Bonchev–Trinajstić information content (AvgIpc) is 2.14. The topological polar surface area (TPSA) is 29.5 Å². The quantitative estimate of drug-likeness (QED) is 0.677. The molecule has 1 amide bonds. The summed E-state index contributed by atoms with van der Waals surface area (Å²) in [6.45, 7) is 4.86. The van der Waals surface area contributed by atoms with Gasteiger partial charge in [0.25, 0.3) is 0 Å². The van der Waals surface area contributed by atoms with E-state index in [2.05, 4.69) is 11.3 Å². The highest BCUT2D eigenvalue weighted by Gasteiger charge is 2.31. The third kappa shape index (κ3) is 3.95. The van der Waals surface area contributed by atoms with Gasteiger partial charge < -0.3 is 9.64 Å². The zero-order chi connectivity index (χ0) is 11.5. The lowest BCUT2D eigenvalue weighted by Gasteiger charge is -2.33. The molecule has 0 aromatic carbocycles. The second kappa shape index (κ2) is 4.70. The van der Waals surface area contributed by atoms with E-state index in [-0.39, 0.29) is 12.5 Å². The molecule has 3 nitrogen and oxygen atoms in total. The van der Waals surface area contributed by atoms with Crippen LogP contribution in [0.2, 0.25) is 0 Å². The first-order valence-electron chi connectivity index (χ1n) is 4.89. The standard InChI is InChI=1S/C10H15F2NO2/c1-3-9(14)13-6-4-5-8(7-13)15-10(2,11)12/h3,8H,1,4-7H2,2H3. The van der Waals surface area contributed by atoms with Crippen LogP contribution in [0, 0.1) is 0 Å². The van der Waals surface area contributed by atoms with E-state index >= 15 is 0 Å². The molecule has 0 bridgehead atoms. The van der Waals surface area contributed by atoms with Crippen molar-refractivity contribution in [2.45, 2.75) is 32.0 Å². The predicted molar refractivity (Wildman–Crippen MR) is 51.5 cm³/mol. The molecule has 0 aromatic heterocycles. The Morgan fingerprint density at radius 1 is 1.67 bits per heavy atom. The SMILES string of the molecule is C=CC(=O)N1CCCC(OC(C)(F)F)C1. The summed E-state index contributed by atoms with van der Waals surface area (Å²) in [6.07, 6.45) is -1.29. The largest absolute Gasteiger partial charge is 0.353 e. The van der Waals surface area contributed by atoms with Gasteiger partial charge in [0, 0.05) is 20.0 Å². The number of hydrogen-bond acceptors (Lipinski definition) is 2. The number of likely N-dealkylation sites (tertiary alicyclic amines) is 1. The molecule has 15 heavy (non-hydrogen) atoms.